The molecule has 2 saturated heterocycles. The highest BCUT2D eigenvalue weighted by Gasteiger charge is 2.72. The number of amides is 2. The van der Waals surface area contributed by atoms with E-state index in [4.69, 9.17) is 4.74 Å². The molecule has 8 heteroatoms. The first-order valence-corrected chi connectivity index (χ1v) is 13.1. The molecule has 4 aliphatic heterocycles. The summed E-state index contributed by atoms with van der Waals surface area (Å²) in [6, 6.07) is 7.74. The van der Waals surface area contributed by atoms with Crippen LogP contribution in [0.15, 0.2) is 54.6 Å². The van der Waals surface area contributed by atoms with Gasteiger partial charge in [-0.2, -0.15) is 0 Å². The maximum absolute atomic E-state index is 14.3. The molecule has 5 rings (SSSR count). The van der Waals surface area contributed by atoms with Crippen molar-refractivity contribution in [3.63, 3.8) is 0 Å². The van der Waals surface area contributed by atoms with Crippen LogP contribution in [0, 0.1) is 11.8 Å². The number of benzene rings is 1. The molecule has 6 atom stereocenters. The van der Waals surface area contributed by atoms with E-state index in [2.05, 4.69) is 0 Å². The van der Waals surface area contributed by atoms with Gasteiger partial charge in [-0.1, -0.05) is 54.6 Å². The summed E-state index contributed by atoms with van der Waals surface area (Å²) in [5, 5.41) is 10.3. The number of hydrogen-bond acceptors (Lipinski definition) is 6. The minimum atomic E-state index is -0.931. The average Bonchev–Trinajstić information content (AvgIpc) is 3.18. The van der Waals surface area contributed by atoms with Crippen molar-refractivity contribution in [2.45, 2.75) is 54.8 Å². The van der Waals surface area contributed by atoms with Crippen LogP contribution >= 0.6 is 11.8 Å². The Morgan fingerprint density at radius 2 is 1.89 bits per heavy atom. The molecule has 35 heavy (non-hydrogen) atoms. The van der Waals surface area contributed by atoms with E-state index in [1.807, 2.05) is 75.4 Å². The highest BCUT2D eigenvalue weighted by atomic mass is 32.2. The van der Waals surface area contributed by atoms with E-state index in [0.717, 1.165) is 5.56 Å². The smallest absolute Gasteiger partial charge is 0.311 e. The molecule has 2 fully saturated rings. The van der Waals surface area contributed by atoms with Crippen LogP contribution < -0.4 is 0 Å². The molecule has 1 aromatic carbocycles. The first-order valence-electron chi connectivity index (χ1n) is 12.2. The topological polar surface area (TPSA) is 87.2 Å². The molecule has 2 amide bonds. The Bertz CT molecular complexity index is 1080. The lowest BCUT2D eigenvalue weighted by Gasteiger charge is -2.42. The fraction of sp³-hybridized carbons (Fsp3) is 0.519. The third-order valence-corrected chi connectivity index (χ3v) is 9.31. The number of likely N-dealkylation sites (tertiary alicyclic amines) is 1. The molecule has 0 bridgehead atoms. The number of esters is 1. The number of ether oxygens (including phenoxy) is 1. The number of fused-ring (bicyclic) bond motifs is 2. The zero-order valence-corrected chi connectivity index (χ0v) is 21.1. The van der Waals surface area contributed by atoms with Crippen molar-refractivity contribution in [2.75, 3.05) is 19.8 Å². The van der Waals surface area contributed by atoms with Crippen molar-refractivity contribution in [3.05, 3.63) is 60.2 Å². The van der Waals surface area contributed by atoms with Gasteiger partial charge >= 0.3 is 5.97 Å². The van der Waals surface area contributed by atoms with Crippen molar-refractivity contribution in [3.8, 4) is 0 Å². The summed E-state index contributed by atoms with van der Waals surface area (Å²) in [5.41, 5.74) is 0.286. The molecule has 4 heterocycles. The highest BCUT2D eigenvalue weighted by molar-refractivity contribution is 8.02. The Morgan fingerprint density at radius 3 is 2.57 bits per heavy atom. The Labute approximate surface area is 210 Å². The Hall–Kier alpha value is -2.58. The molecule has 0 aromatic heterocycles. The monoisotopic (exact) mass is 496 g/mol. The lowest BCUT2D eigenvalue weighted by molar-refractivity contribution is -0.154. The van der Waals surface area contributed by atoms with Gasteiger partial charge in [0.1, 0.15) is 6.04 Å². The van der Waals surface area contributed by atoms with Gasteiger partial charge in [0.25, 0.3) is 0 Å². The third-order valence-electron chi connectivity index (χ3n) is 7.56. The number of carbonyl (C=O) groups excluding carboxylic acids is 3. The van der Waals surface area contributed by atoms with Gasteiger partial charge in [0.2, 0.25) is 11.8 Å². The SMILES string of the molecule is CC(C)(C)N1CC=C[C@]23S[C@@H]4C=CCCOC(=O)[C@@H]4[C@H]2C(=O)N([C@H](CO)c2ccccc2)C3C1=O. The van der Waals surface area contributed by atoms with E-state index in [1.165, 1.54) is 11.8 Å². The summed E-state index contributed by atoms with van der Waals surface area (Å²) < 4.78 is 4.60. The van der Waals surface area contributed by atoms with Crippen LogP contribution in [0.1, 0.15) is 38.8 Å². The van der Waals surface area contributed by atoms with E-state index in [-0.39, 0.29) is 36.2 Å². The summed E-state index contributed by atoms with van der Waals surface area (Å²) in [6.45, 7) is 6.30. The fourth-order valence-electron chi connectivity index (χ4n) is 6.02. The molecule has 4 aliphatic rings. The number of nitrogens with zero attached hydrogens (tertiary/aromatic N) is 2. The molecule has 1 spiro atoms. The number of aliphatic hydroxyl groups excluding tert-OH is 1. The summed E-state index contributed by atoms with van der Waals surface area (Å²) >= 11 is 1.52. The van der Waals surface area contributed by atoms with Crippen molar-refractivity contribution in [2.24, 2.45) is 11.8 Å². The molecule has 1 N–H and O–H groups in total. The molecule has 1 unspecified atom stereocenters. The largest absolute Gasteiger partial charge is 0.465 e. The Morgan fingerprint density at radius 1 is 1.14 bits per heavy atom. The van der Waals surface area contributed by atoms with Gasteiger partial charge < -0.3 is 19.6 Å². The normalized spacial score (nSPS) is 33.4. The fourth-order valence-corrected chi connectivity index (χ4v) is 8.00. The van der Waals surface area contributed by atoms with Crippen molar-refractivity contribution in [1.82, 2.24) is 9.80 Å². The zero-order chi connectivity index (χ0) is 25.0. The van der Waals surface area contributed by atoms with Gasteiger partial charge in [0, 0.05) is 17.3 Å². The maximum atomic E-state index is 14.3. The minimum Gasteiger partial charge on any atom is -0.465 e. The van der Waals surface area contributed by atoms with Crippen LogP contribution in [0.2, 0.25) is 0 Å². The number of cyclic esters (lactones) is 1. The van der Waals surface area contributed by atoms with Gasteiger partial charge in [-0.05, 0) is 32.8 Å². The first-order chi connectivity index (χ1) is 16.7. The number of hydrogen-bond donors (Lipinski definition) is 1. The molecule has 0 aliphatic carbocycles. The van der Waals surface area contributed by atoms with Crippen LogP contribution in [0.25, 0.3) is 0 Å². The standard InChI is InChI=1S/C27H32N2O5S/c1-26(2,3)28-14-9-13-27-21(20-19(35-27)12-7-8-15-34-25(20)33)23(31)29(22(27)24(28)32)18(16-30)17-10-5-4-6-11-17/h4-7,9-13,18-22,30H,8,14-16H2,1-3H3/t18-,19-,20+,21+,22?,27+/m1/s1. The lowest BCUT2D eigenvalue weighted by atomic mass is 9.78. The molecule has 0 radical (unpaired) electrons. The van der Waals surface area contributed by atoms with E-state index in [9.17, 15) is 19.5 Å². The summed E-state index contributed by atoms with van der Waals surface area (Å²) in [6.07, 6.45) is 8.58. The number of aliphatic hydroxyl groups is 1. The molecular weight excluding hydrogens is 464 g/mol. The molecule has 1 aromatic rings. The summed E-state index contributed by atoms with van der Waals surface area (Å²) in [5.74, 6) is -2.27. The second-order valence-electron chi connectivity index (χ2n) is 10.6. The second kappa shape index (κ2) is 8.82. The van der Waals surface area contributed by atoms with Crippen molar-refractivity contribution in [1.29, 1.82) is 0 Å². The predicted octanol–water partition coefficient (Wildman–Crippen LogP) is 2.72. The van der Waals surface area contributed by atoms with E-state index in [1.54, 1.807) is 9.80 Å². The van der Waals surface area contributed by atoms with Gasteiger partial charge in [0.05, 0.1) is 35.8 Å². The van der Waals surface area contributed by atoms with Gasteiger partial charge in [-0.25, -0.2) is 0 Å². The van der Waals surface area contributed by atoms with Gasteiger partial charge in [0.15, 0.2) is 0 Å². The number of rotatable bonds is 3. The minimum absolute atomic E-state index is 0.160. The van der Waals surface area contributed by atoms with Crippen LogP contribution in [-0.2, 0) is 19.1 Å². The van der Waals surface area contributed by atoms with Crippen LogP contribution in [0.4, 0.5) is 0 Å². The van der Waals surface area contributed by atoms with E-state index >= 15 is 0 Å². The maximum Gasteiger partial charge on any atom is 0.311 e. The Balaban J connectivity index is 1.69. The third kappa shape index (κ3) is 3.73. The predicted molar refractivity (Wildman–Crippen MR) is 133 cm³/mol. The molecule has 186 valence electrons. The summed E-state index contributed by atoms with van der Waals surface area (Å²) in [7, 11) is 0. The number of carbonyl (C=O) groups is 3. The average molecular weight is 497 g/mol. The quantitative estimate of drug-likeness (QED) is 0.512. The first kappa shape index (κ1) is 24.1. The molecular formula is C27H32N2O5S. The van der Waals surface area contributed by atoms with E-state index < -0.39 is 34.2 Å². The van der Waals surface area contributed by atoms with Crippen LogP contribution in [0.3, 0.4) is 0 Å². The van der Waals surface area contributed by atoms with Gasteiger partial charge in [-0.15, -0.1) is 11.8 Å². The van der Waals surface area contributed by atoms with Crippen molar-refractivity contribution >= 4 is 29.5 Å². The van der Waals surface area contributed by atoms with Crippen LogP contribution in [0.5, 0.6) is 0 Å². The number of thioether (sulfide) groups is 1. The lowest BCUT2D eigenvalue weighted by Crippen LogP contribution is -2.58. The van der Waals surface area contributed by atoms with Crippen molar-refractivity contribution < 1.29 is 24.2 Å². The van der Waals surface area contributed by atoms with Gasteiger partial charge in [-0.3, -0.25) is 14.4 Å². The zero-order valence-electron chi connectivity index (χ0n) is 20.3. The Kier molecular flexibility index (Phi) is 6.08. The van der Waals surface area contributed by atoms with Crippen LogP contribution in [-0.4, -0.2) is 74.0 Å². The summed E-state index contributed by atoms with van der Waals surface area (Å²) in [4.78, 5) is 45.2. The second-order valence-corrected chi connectivity index (χ2v) is 12.1. The molecule has 0 saturated carbocycles. The highest BCUT2D eigenvalue weighted by Crippen LogP contribution is 2.62. The molecule has 7 nitrogen and oxygen atoms in total. The van der Waals surface area contributed by atoms with E-state index in [0.29, 0.717) is 13.0 Å².